The molecule has 0 radical (unpaired) electrons. The van der Waals surface area contributed by atoms with Gasteiger partial charge in [-0.05, 0) is 59.8 Å². The van der Waals surface area contributed by atoms with Crippen LogP contribution in [0.5, 0.6) is 0 Å². The fraction of sp³-hybridized carbons (Fsp3) is 0.0556. The number of carbonyl (C=O) groups excluding carboxylic acids is 2. The number of hydrogen-bond acceptors (Lipinski definition) is 6. The Morgan fingerprint density at radius 2 is 1.82 bits per heavy atom. The fourth-order valence-electron chi connectivity index (χ4n) is 2.70. The van der Waals surface area contributed by atoms with Gasteiger partial charge in [0.25, 0.3) is 5.91 Å². The predicted molar refractivity (Wildman–Crippen MR) is 100 cm³/mol. The molecule has 2 aromatic heterocycles. The first-order valence-electron chi connectivity index (χ1n) is 8.15. The third kappa shape index (κ3) is 3.30. The van der Waals surface area contributed by atoms with E-state index < -0.39 is 11.8 Å². The van der Waals surface area contributed by atoms with Crippen LogP contribution in [0.3, 0.4) is 0 Å². The summed E-state index contributed by atoms with van der Waals surface area (Å²) < 4.78 is 7.03. The fourth-order valence-corrected chi connectivity index (χ4v) is 2.87. The van der Waals surface area contributed by atoms with E-state index in [1.165, 1.54) is 11.0 Å². The molecule has 140 valence electrons. The molecule has 28 heavy (non-hydrogen) atoms. The SMILES string of the molecule is Cc1c(C(=O)NNC(=O)c2ccc(-n3cnnn3)cc2)oc2ccc(Cl)cc12. The first kappa shape index (κ1) is 17.7. The summed E-state index contributed by atoms with van der Waals surface area (Å²) in [5.41, 5.74) is 6.94. The van der Waals surface area contributed by atoms with Gasteiger partial charge in [0.1, 0.15) is 11.9 Å². The Labute approximate surface area is 163 Å². The zero-order valence-corrected chi connectivity index (χ0v) is 15.3. The van der Waals surface area contributed by atoms with Crippen molar-refractivity contribution in [1.82, 2.24) is 31.1 Å². The van der Waals surface area contributed by atoms with Gasteiger partial charge in [-0.25, -0.2) is 4.68 Å². The summed E-state index contributed by atoms with van der Waals surface area (Å²) in [5, 5.41) is 12.1. The van der Waals surface area contributed by atoms with Gasteiger partial charge in [0.05, 0.1) is 5.69 Å². The Balaban J connectivity index is 1.44. The van der Waals surface area contributed by atoms with Crippen molar-refractivity contribution in [3.63, 3.8) is 0 Å². The highest BCUT2D eigenvalue weighted by molar-refractivity contribution is 6.31. The maximum atomic E-state index is 12.4. The second-order valence-electron chi connectivity index (χ2n) is 5.91. The van der Waals surface area contributed by atoms with Crippen molar-refractivity contribution in [3.8, 4) is 5.69 Å². The van der Waals surface area contributed by atoms with Crippen LogP contribution in [-0.2, 0) is 0 Å². The molecule has 0 aliphatic heterocycles. The number of tetrazole rings is 1. The van der Waals surface area contributed by atoms with E-state index in [-0.39, 0.29) is 5.76 Å². The molecule has 0 aliphatic rings. The number of nitrogens with zero attached hydrogens (tertiary/aromatic N) is 4. The normalized spacial score (nSPS) is 10.8. The van der Waals surface area contributed by atoms with Crippen LogP contribution in [-0.4, -0.2) is 32.0 Å². The summed E-state index contributed by atoms with van der Waals surface area (Å²) in [6, 6.07) is 11.6. The number of aryl methyl sites for hydroxylation is 1. The lowest BCUT2D eigenvalue weighted by Gasteiger charge is -2.07. The van der Waals surface area contributed by atoms with Crippen LogP contribution >= 0.6 is 11.6 Å². The third-order valence-corrected chi connectivity index (χ3v) is 4.37. The molecule has 0 fully saturated rings. The smallest absolute Gasteiger partial charge is 0.305 e. The van der Waals surface area contributed by atoms with E-state index in [0.717, 1.165) is 5.39 Å². The Morgan fingerprint density at radius 3 is 2.54 bits per heavy atom. The average molecular weight is 397 g/mol. The van der Waals surface area contributed by atoms with Crippen molar-refractivity contribution in [2.75, 3.05) is 0 Å². The second-order valence-corrected chi connectivity index (χ2v) is 6.34. The Bertz CT molecular complexity index is 1170. The number of halogens is 1. The largest absolute Gasteiger partial charge is 0.451 e. The van der Waals surface area contributed by atoms with Crippen molar-refractivity contribution < 1.29 is 14.0 Å². The summed E-state index contributed by atoms with van der Waals surface area (Å²) >= 11 is 5.98. The molecule has 0 spiro atoms. The van der Waals surface area contributed by atoms with E-state index in [2.05, 4.69) is 26.4 Å². The Hall–Kier alpha value is -3.72. The van der Waals surface area contributed by atoms with Gasteiger partial charge in [0.2, 0.25) is 0 Å². The zero-order chi connectivity index (χ0) is 19.7. The number of carbonyl (C=O) groups is 2. The van der Waals surface area contributed by atoms with Gasteiger partial charge in [-0.3, -0.25) is 20.4 Å². The minimum absolute atomic E-state index is 0.103. The van der Waals surface area contributed by atoms with Crippen LogP contribution in [0.15, 0.2) is 53.2 Å². The molecule has 2 heterocycles. The first-order valence-corrected chi connectivity index (χ1v) is 8.53. The maximum absolute atomic E-state index is 12.4. The molecule has 0 bridgehead atoms. The second kappa shape index (κ2) is 7.12. The van der Waals surface area contributed by atoms with Crippen molar-refractivity contribution >= 4 is 34.4 Å². The molecule has 9 nitrogen and oxygen atoms in total. The molecule has 0 aliphatic carbocycles. The van der Waals surface area contributed by atoms with E-state index in [1.807, 2.05) is 0 Å². The highest BCUT2D eigenvalue weighted by Crippen LogP contribution is 2.27. The number of fused-ring (bicyclic) bond motifs is 1. The number of hydrazine groups is 1. The standard InChI is InChI=1S/C18H13ClN6O3/c1-10-14-8-12(19)4-7-15(14)28-16(10)18(27)22-21-17(26)11-2-5-13(6-3-11)25-9-20-23-24-25/h2-9H,1H3,(H,21,26)(H,22,27). The first-order chi connectivity index (χ1) is 13.5. The number of aromatic nitrogens is 4. The topological polar surface area (TPSA) is 115 Å². The summed E-state index contributed by atoms with van der Waals surface area (Å²) in [7, 11) is 0. The molecule has 2 aromatic carbocycles. The Morgan fingerprint density at radius 1 is 1.07 bits per heavy atom. The van der Waals surface area contributed by atoms with Crippen molar-refractivity contribution in [2.24, 2.45) is 0 Å². The molecule has 4 rings (SSSR count). The van der Waals surface area contributed by atoms with E-state index >= 15 is 0 Å². The molecule has 4 aromatic rings. The van der Waals surface area contributed by atoms with Gasteiger partial charge in [-0.2, -0.15) is 0 Å². The monoisotopic (exact) mass is 396 g/mol. The number of amides is 2. The van der Waals surface area contributed by atoms with E-state index in [1.54, 1.807) is 49.4 Å². The number of rotatable bonds is 3. The van der Waals surface area contributed by atoms with Crippen LogP contribution in [0.25, 0.3) is 16.7 Å². The van der Waals surface area contributed by atoms with E-state index in [9.17, 15) is 9.59 Å². The Kier molecular flexibility index (Phi) is 4.50. The lowest BCUT2D eigenvalue weighted by Crippen LogP contribution is -2.41. The van der Waals surface area contributed by atoms with E-state index in [4.69, 9.17) is 16.0 Å². The summed E-state index contributed by atoms with van der Waals surface area (Å²) in [4.78, 5) is 24.6. The molecule has 0 saturated carbocycles. The van der Waals surface area contributed by atoms with Crippen LogP contribution in [0.1, 0.15) is 26.5 Å². The number of nitrogens with one attached hydrogen (secondary N) is 2. The van der Waals surface area contributed by atoms with Crippen LogP contribution in [0.2, 0.25) is 5.02 Å². The third-order valence-electron chi connectivity index (χ3n) is 4.14. The molecular formula is C18H13ClN6O3. The van der Waals surface area contributed by atoms with Crippen molar-refractivity contribution in [3.05, 3.63) is 70.7 Å². The number of furan rings is 1. The molecule has 2 N–H and O–H groups in total. The summed E-state index contributed by atoms with van der Waals surface area (Å²) in [6.07, 6.45) is 1.44. The highest BCUT2D eigenvalue weighted by atomic mass is 35.5. The quantitative estimate of drug-likeness (QED) is 0.514. The van der Waals surface area contributed by atoms with Gasteiger partial charge in [0, 0.05) is 21.5 Å². The average Bonchev–Trinajstić information content (AvgIpc) is 3.35. The summed E-state index contributed by atoms with van der Waals surface area (Å²) in [5.74, 6) is -0.941. The minimum Gasteiger partial charge on any atom is -0.451 e. The van der Waals surface area contributed by atoms with Gasteiger partial charge in [-0.15, -0.1) is 5.10 Å². The molecule has 0 saturated heterocycles. The lowest BCUT2D eigenvalue weighted by molar-refractivity contribution is 0.0831. The zero-order valence-electron chi connectivity index (χ0n) is 14.5. The van der Waals surface area contributed by atoms with Gasteiger partial charge < -0.3 is 4.42 Å². The van der Waals surface area contributed by atoms with Gasteiger partial charge in [-0.1, -0.05) is 11.6 Å². The van der Waals surface area contributed by atoms with Gasteiger partial charge in [0.15, 0.2) is 5.76 Å². The molecular weight excluding hydrogens is 384 g/mol. The lowest BCUT2D eigenvalue weighted by atomic mass is 10.1. The highest BCUT2D eigenvalue weighted by Gasteiger charge is 2.18. The van der Waals surface area contributed by atoms with Crippen molar-refractivity contribution in [1.29, 1.82) is 0 Å². The van der Waals surface area contributed by atoms with Gasteiger partial charge >= 0.3 is 5.91 Å². The maximum Gasteiger partial charge on any atom is 0.305 e. The predicted octanol–water partition coefficient (Wildman–Crippen LogP) is 2.45. The number of hydrogen-bond donors (Lipinski definition) is 2. The molecule has 10 heteroatoms. The molecule has 2 amide bonds. The van der Waals surface area contributed by atoms with Crippen molar-refractivity contribution in [2.45, 2.75) is 6.92 Å². The van der Waals surface area contributed by atoms with Crippen LogP contribution in [0, 0.1) is 6.92 Å². The summed E-state index contributed by atoms with van der Waals surface area (Å²) in [6.45, 7) is 1.75. The number of benzene rings is 2. The van der Waals surface area contributed by atoms with E-state index in [0.29, 0.717) is 27.4 Å². The minimum atomic E-state index is -0.566. The molecule has 0 atom stereocenters. The van der Waals surface area contributed by atoms with Crippen LogP contribution in [0.4, 0.5) is 0 Å². The van der Waals surface area contributed by atoms with Crippen LogP contribution < -0.4 is 10.9 Å². The molecule has 0 unspecified atom stereocenters.